The van der Waals surface area contributed by atoms with E-state index in [0.717, 1.165) is 139 Å². The number of anilines is 6. The van der Waals surface area contributed by atoms with Crippen LogP contribution in [0.2, 0.25) is 15.5 Å². The van der Waals surface area contributed by atoms with Crippen molar-refractivity contribution in [1.29, 1.82) is 0 Å². The first-order chi connectivity index (χ1) is 58.1. The lowest BCUT2D eigenvalue weighted by molar-refractivity contribution is 0.0543. The number of aromatic nitrogens is 6. The number of ether oxygens (including phenoxy) is 5. The van der Waals surface area contributed by atoms with Crippen molar-refractivity contribution in [3.63, 3.8) is 0 Å². The molecule has 41 heteroatoms. The van der Waals surface area contributed by atoms with Gasteiger partial charge in [-0.1, -0.05) is 53.0 Å². The summed E-state index contributed by atoms with van der Waals surface area (Å²) in [6.45, 7) is 14.9. The van der Waals surface area contributed by atoms with Gasteiger partial charge < -0.3 is 92.5 Å². The molecule has 664 valence electrons. The Bertz CT molecular complexity index is 4710. The van der Waals surface area contributed by atoms with E-state index in [9.17, 15) is 24.0 Å². The molecule has 3 aliphatic rings. The number of rotatable bonds is 32. The zero-order valence-corrected chi connectivity index (χ0v) is 72.6. The molecule has 0 atom stereocenters. The molecule has 6 aromatic rings. The monoisotopic (exact) mass is 1750 g/mol. The fourth-order valence-electron chi connectivity index (χ4n) is 13.3. The number of guanidine groups is 5. The number of aliphatic imine (C=N–C) groups is 5. The Hall–Kier alpha value is -11.8. The van der Waals surface area contributed by atoms with Crippen LogP contribution in [0.25, 0.3) is 0 Å². The van der Waals surface area contributed by atoms with E-state index in [1.165, 1.54) is 75.8 Å². The lowest BCUT2D eigenvalue weighted by Crippen LogP contribution is -2.47. The van der Waals surface area contributed by atoms with Crippen LogP contribution in [-0.4, -0.2) is 160 Å². The highest BCUT2D eigenvalue weighted by atomic mass is 35.5. The van der Waals surface area contributed by atoms with Gasteiger partial charge in [-0.25, -0.2) is 39.5 Å². The standard InChI is InChI=1S/C34H51ClN10O6.C24H35ClN10O2.C23H33ClN8O2/c1-33(2,3)50-31(47)44-30(45-32(48)51-34(4,5)6)40-18-11-19-49-23-16-15-20(21-13-7-8-14-22(21)23)12-9-10-17-39-29(38)43-28(46)24-26(36)42-27(37)25(35)41-24;25-19-21(27)34-20(26)18(33-19)22(36)35-24(30)32-11-4-3-6-14-9-10-17(16-8-2-1-7-15(14)16)37-13-5-12-31-23(28)29;24-19-21(27)31-20(26)18(30-19)22(33)32-23(28)29-12-4-3-6-14-9-10-17(34-13-5-11-25)16-8-2-1-7-15(14)16/h15-16H,7-14,17-19H2,1-6H3,(H4,36,37,42)(H3,38,39,43,46)(H2,40,44,45,47,48);9-10H,1-8,11-13H2,(H4,26,27,34)(H4,28,29,31)(H3,30,32,35,36);9-10H,1-8,11-13,25H2,(H4,26,27,31)(H3,28,29,32,33). The first-order valence-corrected chi connectivity index (χ1v) is 41.9. The van der Waals surface area contributed by atoms with Gasteiger partial charge in [0.15, 0.2) is 91.3 Å². The van der Waals surface area contributed by atoms with Crippen LogP contribution in [0.4, 0.5) is 44.5 Å². The maximum Gasteiger partial charge on any atom is 0.414 e. The van der Waals surface area contributed by atoms with Crippen molar-refractivity contribution in [2.75, 3.05) is 93.5 Å². The van der Waals surface area contributed by atoms with Crippen molar-refractivity contribution in [1.82, 2.24) is 56.5 Å². The number of carbonyl (C=O) groups is 5. The Morgan fingerprint density at radius 3 is 0.951 bits per heavy atom. The molecule has 0 fully saturated rings. The van der Waals surface area contributed by atoms with Crippen molar-refractivity contribution in [3.8, 4) is 17.2 Å². The molecule has 5 amide bonds. The smallest absolute Gasteiger partial charge is 0.414 e. The van der Waals surface area contributed by atoms with Crippen molar-refractivity contribution in [3.05, 3.63) is 119 Å². The predicted molar refractivity (Wildman–Crippen MR) is 479 cm³/mol. The van der Waals surface area contributed by atoms with E-state index in [-0.39, 0.29) is 104 Å². The summed E-state index contributed by atoms with van der Waals surface area (Å²) >= 11 is 17.5. The van der Waals surface area contributed by atoms with Crippen LogP contribution < -0.4 is 110 Å². The lowest BCUT2D eigenvalue weighted by atomic mass is 9.86. The Labute approximate surface area is 725 Å². The molecule has 3 aromatic carbocycles. The number of amides is 5. The Morgan fingerprint density at radius 2 is 0.656 bits per heavy atom. The number of nitrogens with two attached hydrogens (primary N) is 12. The molecule has 0 spiro atoms. The first kappa shape index (κ1) is 97.4. The van der Waals surface area contributed by atoms with Crippen molar-refractivity contribution in [2.45, 2.75) is 207 Å². The quantitative estimate of drug-likeness (QED) is 0.0109. The highest BCUT2D eigenvalue weighted by molar-refractivity contribution is 6.32. The molecule has 3 heterocycles. The molecule has 0 saturated carbocycles. The molecule has 0 unspecified atom stereocenters. The van der Waals surface area contributed by atoms with Gasteiger partial charge >= 0.3 is 12.2 Å². The fourth-order valence-corrected chi connectivity index (χ4v) is 13.6. The van der Waals surface area contributed by atoms with Crippen molar-refractivity contribution < 1.29 is 47.7 Å². The first-order valence-electron chi connectivity index (χ1n) is 40.8. The van der Waals surface area contributed by atoms with Crippen LogP contribution in [0, 0.1) is 0 Å². The second-order valence-electron chi connectivity index (χ2n) is 30.8. The third-order valence-corrected chi connectivity index (χ3v) is 19.6. The minimum absolute atomic E-state index is 0.0180. The Kier molecular flexibility index (Phi) is 38.8. The lowest BCUT2D eigenvalue weighted by Gasteiger charge is -2.23. The van der Waals surface area contributed by atoms with Gasteiger partial charge in [0.1, 0.15) is 28.5 Å². The second-order valence-corrected chi connectivity index (χ2v) is 31.9. The molecule has 0 radical (unpaired) electrons. The number of aryl methyl sites for hydroxylation is 3. The Balaban J connectivity index is 0.000000258. The van der Waals surface area contributed by atoms with E-state index in [1.807, 2.05) is 6.07 Å². The van der Waals surface area contributed by atoms with E-state index >= 15 is 0 Å². The summed E-state index contributed by atoms with van der Waals surface area (Å²) in [7, 11) is 0. The van der Waals surface area contributed by atoms with E-state index < -0.39 is 41.1 Å². The average molecular weight is 1750 g/mol. The summed E-state index contributed by atoms with van der Waals surface area (Å²) in [6.07, 6.45) is 21.7. The zero-order valence-electron chi connectivity index (χ0n) is 70.4. The molecule has 3 aliphatic carbocycles. The molecule has 9 rings (SSSR count). The van der Waals surface area contributed by atoms with Crippen LogP contribution in [0.1, 0.15) is 219 Å². The van der Waals surface area contributed by atoms with Crippen LogP contribution in [0.3, 0.4) is 0 Å². The number of nitrogen functional groups attached to an aromatic ring is 6. The van der Waals surface area contributed by atoms with Crippen molar-refractivity contribution >= 4 is 129 Å². The number of fused-ring (bicyclic) bond motifs is 3. The number of alkyl carbamates (subject to hydrolysis) is 2. The van der Waals surface area contributed by atoms with Gasteiger partial charge in [-0.2, -0.15) is 0 Å². The summed E-state index contributed by atoms with van der Waals surface area (Å²) < 4.78 is 28.8. The Morgan fingerprint density at radius 1 is 0.369 bits per heavy atom. The third-order valence-electron chi connectivity index (χ3n) is 18.8. The molecule has 3 aromatic heterocycles. The SMILES string of the molecule is CC(C)(C)OC(=O)NC(=NCCCOc1ccc(CCCCN=C(N)NC(=O)c2nc(Cl)c(N)nc2N)c2c1CCCC2)NC(=O)OC(C)(C)C.NC(N)=NCCCOc1ccc(CCCCN=C(N)NC(=O)c2nc(Cl)c(N)nc2N)c2c1CCCC2.NCCCOc1ccc(CCCCN=C(N)NC(=O)c2nc(Cl)c(N)nc2N)c2c1CCCC2. The van der Waals surface area contributed by atoms with Gasteiger partial charge in [0.2, 0.25) is 5.96 Å². The van der Waals surface area contributed by atoms with Crippen LogP contribution in [0.15, 0.2) is 61.4 Å². The largest absolute Gasteiger partial charge is 0.493 e. The van der Waals surface area contributed by atoms with Gasteiger partial charge in [-0.15, -0.1) is 0 Å². The maximum atomic E-state index is 12.4. The fraction of sp³-hybridized carbons (Fsp3) is 0.506. The summed E-state index contributed by atoms with van der Waals surface area (Å²) in [5.74, 6) is 0.157. The average Bonchev–Trinajstić information content (AvgIpc) is 0.813. The molecule has 29 N–H and O–H groups in total. The maximum absolute atomic E-state index is 12.4. The van der Waals surface area contributed by atoms with Gasteiger partial charge in [0, 0.05) is 45.6 Å². The number of hydrogen-bond acceptors (Lipinski definition) is 28. The molecule has 0 bridgehead atoms. The molecular formula is C81H119Cl3N28O10. The minimum Gasteiger partial charge on any atom is -0.493 e. The molecular weight excluding hydrogens is 1630 g/mol. The van der Waals surface area contributed by atoms with Crippen LogP contribution in [-0.2, 0) is 67.3 Å². The number of nitrogens with zero attached hydrogens (tertiary/aromatic N) is 11. The molecule has 38 nitrogen and oxygen atoms in total. The number of halogens is 3. The summed E-state index contributed by atoms with van der Waals surface area (Å²) in [4.78, 5) is 106. The van der Waals surface area contributed by atoms with Crippen LogP contribution >= 0.6 is 34.8 Å². The zero-order chi connectivity index (χ0) is 89.1. The van der Waals surface area contributed by atoms with E-state index in [0.29, 0.717) is 59.0 Å². The summed E-state index contributed by atoms with van der Waals surface area (Å²) in [5, 5.41) is 12.0. The van der Waals surface area contributed by atoms with Crippen LogP contribution in [0.5, 0.6) is 17.2 Å². The normalized spacial score (nSPS) is 13.1. The van der Waals surface area contributed by atoms with Gasteiger partial charge in [0.25, 0.3) is 17.7 Å². The van der Waals surface area contributed by atoms with Crippen molar-refractivity contribution in [2.24, 2.45) is 59.4 Å². The number of hydrogen-bond donors (Lipinski definition) is 17. The van der Waals surface area contributed by atoms with Gasteiger partial charge in [-0.05, 0) is 258 Å². The van der Waals surface area contributed by atoms with E-state index in [2.05, 4.69) is 112 Å². The number of nitrogens with one attached hydrogen (secondary N) is 5. The molecule has 0 aliphatic heterocycles. The highest BCUT2D eigenvalue weighted by Gasteiger charge is 2.26. The summed E-state index contributed by atoms with van der Waals surface area (Å²) in [5.41, 5.74) is 77.7. The van der Waals surface area contributed by atoms with E-state index in [4.69, 9.17) is 127 Å². The third kappa shape index (κ3) is 32.7. The number of carbonyl (C=O) groups excluding carboxylic acids is 5. The van der Waals surface area contributed by atoms with E-state index in [1.54, 1.807) is 41.5 Å². The predicted octanol–water partition coefficient (Wildman–Crippen LogP) is 7.67. The van der Waals surface area contributed by atoms with Gasteiger partial charge in [-0.3, -0.25) is 65.9 Å². The molecule has 122 heavy (non-hydrogen) atoms. The highest BCUT2D eigenvalue weighted by Crippen LogP contribution is 2.37. The molecule has 0 saturated heterocycles. The van der Waals surface area contributed by atoms with Gasteiger partial charge in [0.05, 0.1) is 19.8 Å². The minimum atomic E-state index is -0.746. The second kappa shape index (κ2) is 48.6. The topological polar surface area (TPSA) is 643 Å². The summed E-state index contributed by atoms with van der Waals surface area (Å²) in [6, 6.07) is 12.7. The number of unbranched alkanes of at least 4 members (excludes halogenated alkanes) is 3. The number of benzene rings is 3.